The Hall–Kier alpha value is -3.44. The summed E-state index contributed by atoms with van der Waals surface area (Å²) in [7, 11) is 0. The fraction of sp³-hybridized carbons (Fsp3) is 0.452. The third kappa shape index (κ3) is 2.75. The Labute approximate surface area is 211 Å². The number of anilines is 1. The first-order valence-corrected chi connectivity index (χ1v) is 13.2. The molecule has 1 saturated heterocycles. The van der Waals surface area contributed by atoms with Crippen LogP contribution >= 0.6 is 0 Å². The minimum atomic E-state index is -1.59. The van der Waals surface area contributed by atoms with Crippen LogP contribution in [-0.4, -0.2) is 17.9 Å². The minimum Gasteiger partial charge on any atom is -0.351 e. The van der Waals surface area contributed by atoms with E-state index in [0.29, 0.717) is 23.3 Å². The second kappa shape index (κ2) is 7.53. The third-order valence-corrected chi connectivity index (χ3v) is 9.99. The minimum absolute atomic E-state index is 0.123. The number of hydrogen-bond donors (Lipinski definition) is 0. The van der Waals surface area contributed by atoms with Gasteiger partial charge in [0, 0.05) is 17.0 Å². The number of fused-ring (bicyclic) bond motifs is 3. The maximum atomic E-state index is 15.5. The number of rotatable bonds is 3. The van der Waals surface area contributed by atoms with Gasteiger partial charge in [0.15, 0.2) is 11.2 Å². The Morgan fingerprint density at radius 2 is 1.53 bits per heavy atom. The standard InChI is InChI=1S/C31H28FN3O/c32-24-7-3-2-6-23(24)27-28(29(36)30-14-19-11-20(15-30)13-21(12-19)16-30)35-25-8-4-1-5-22(25)9-10-26(35)31(27,17-33)18-34/h1-10,19-21,26-28H,11-16H2/t19?,20?,21?,26-,27+,28-,30?/m0/s1. The van der Waals surface area contributed by atoms with Gasteiger partial charge in [0.05, 0.1) is 24.2 Å². The molecule has 0 amide bonds. The Balaban J connectivity index is 1.46. The van der Waals surface area contributed by atoms with Crippen LogP contribution in [0.1, 0.15) is 55.6 Å². The highest BCUT2D eigenvalue weighted by Crippen LogP contribution is 2.63. The van der Waals surface area contributed by atoms with E-state index in [1.54, 1.807) is 18.2 Å². The molecule has 36 heavy (non-hydrogen) atoms. The fourth-order valence-corrected chi connectivity index (χ4v) is 9.03. The summed E-state index contributed by atoms with van der Waals surface area (Å²) >= 11 is 0. The summed E-state index contributed by atoms with van der Waals surface area (Å²) < 4.78 is 15.5. The Morgan fingerprint density at radius 1 is 0.917 bits per heavy atom. The van der Waals surface area contributed by atoms with E-state index in [-0.39, 0.29) is 5.78 Å². The molecule has 2 aliphatic heterocycles. The molecule has 3 atom stereocenters. The van der Waals surface area contributed by atoms with Crippen LogP contribution < -0.4 is 4.90 Å². The van der Waals surface area contributed by atoms with Crippen LogP contribution in [0.4, 0.5) is 10.1 Å². The van der Waals surface area contributed by atoms with E-state index in [1.165, 1.54) is 25.3 Å². The summed E-state index contributed by atoms with van der Waals surface area (Å²) in [6.07, 6.45) is 10.1. The van der Waals surface area contributed by atoms with E-state index < -0.39 is 34.6 Å². The zero-order valence-electron chi connectivity index (χ0n) is 20.1. The molecular formula is C31H28FN3O. The highest BCUT2D eigenvalue weighted by atomic mass is 19.1. The number of carbonyl (C=O) groups excluding carboxylic acids is 1. The normalized spacial score (nSPS) is 36.6. The Bertz CT molecular complexity index is 1330. The van der Waals surface area contributed by atoms with E-state index in [0.717, 1.165) is 30.5 Å². The van der Waals surface area contributed by atoms with E-state index >= 15 is 4.39 Å². The van der Waals surface area contributed by atoms with Crippen molar-refractivity contribution in [3.8, 4) is 12.1 Å². The third-order valence-electron chi connectivity index (χ3n) is 9.99. The number of hydrogen-bond acceptors (Lipinski definition) is 4. The maximum absolute atomic E-state index is 15.5. The zero-order chi connectivity index (χ0) is 24.7. The second-order valence-corrected chi connectivity index (χ2v) is 11.9. The van der Waals surface area contributed by atoms with Gasteiger partial charge in [-0.05, 0) is 79.5 Å². The fourth-order valence-electron chi connectivity index (χ4n) is 9.03. The van der Waals surface area contributed by atoms with Crippen molar-refractivity contribution in [3.05, 3.63) is 71.6 Å². The summed E-state index contributed by atoms with van der Waals surface area (Å²) in [5, 5.41) is 21.2. The summed E-state index contributed by atoms with van der Waals surface area (Å²) in [6, 6.07) is 17.5. The van der Waals surface area contributed by atoms with Crippen LogP contribution in [0.2, 0.25) is 0 Å². The number of Topliss-reactive ketones (excluding diaryl/α,β-unsaturated/α-hetero) is 1. The van der Waals surface area contributed by atoms with Gasteiger partial charge in [0.2, 0.25) is 0 Å². The molecule has 4 saturated carbocycles. The maximum Gasteiger partial charge on any atom is 0.176 e. The molecule has 2 aromatic carbocycles. The predicted molar refractivity (Wildman–Crippen MR) is 134 cm³/mol. The molecule has 0 spiro atoms. The van der Waals surface area contributed by atoms with Gasteiger partial charge in [0.25, 0.3) is 0 Å². The highest BCUT2D eigenvalue weighted by Gasteiger charge is 2.67. The van der Waals surface area contributed by atoms with Gasteiger partial charge in [-0.15, -0.1) is 0 Å². The van der Waals surface area contributed by atoms with Gasteiger partial charge in [-0.25, -0.2) is 4.39 Å². The van der Waals surface area contributed by atoms with Gasteiger partial charge in [-0.1, -0.05) is 48.6 Å². The number of carbonyl (C=O) groups is 1. The van der Waals surface area contributed by atoms with Crippen molar-refractivity contribution in [1.29, 1.82) is 10.5 Å². The lowest BCUT2D eigenvalue weighted by Gasteiger charge is -2.57. The first-order valence-electron chi connectivity index (χ1n) is 13.2. The molecule has 0 unspecified atom stereocenters. The van der Waals surface area contributed by atoms with Gasteiger partial charge >= 0.3 is 0 Å². The summed E-state index contributed by atoms with van der Waals surface area (Å²) in [5.74, 6) is 0.517. The molecule has 0 aromatic heterocycles. The molecule has 0 radical (unpaired) electrons. The van der Waals surface area contributed by atoms with Crippen molar-refractivity contribution in [1.82, 2.24) is 0 Å². The van der Waals surface area contributed by atoms with Crippen molar-refractivity contribution in [2.45, 2.75) is 56.5 Å². The zero-order valence-corrected chi connectivity index (χ0v) is 20.1. The number of para-hydroxylation sites is 1. The average molecular weight is 478 g/mol. The molecule has 5 fully saturated rings. The molecule has 2 aromatic rings. The van der Waals surface area contributed by atoms with E-state index in [9.17, 15) is 15.3 Å². The smallest absolute Gasteiger partial charge is 0.176 e. The molecule has 6 aliphatic rings. The Kier molecular flexibility index (Phi) is 4.56. The lowest BCUT2D eigenvalue weighted by atomic mass is 9.47. The van der Waals surface area contributed by atoms with Gasteiger partial charge < -0.3 is 4.90 Å². The van der Waals surface area contributed by atoms with E-state index in [2.05, 4.69) is 12.1 Å². The molecule has 180 valence electrons. The molecule has 4 aliphatic carbocycles. The number of ketones is 1. The van der Waals surface area contributed by atoms with Crippen molar-refractivity contribution in [2.75, 3.05) is 4.90 Å². The highest BCUT2D eigenvalue weighted by molar-refractivity contribution is 5.97. The summed E-state index contributed by atoms with van der Waals surface area (Å²) in [5.41, 5.74) is 0.0705. The molecular weight excluding hydrogens is 449 g/mol. The van der Waals surface area contributed by atoms with Crippen LogP contribution in [0.5, 0.6) is 0 Å². The molecule has 4 bridgehead atoms. The van der Waals surface area contributed by atoms with Gasteiger partial charge in [-0.2, -0.15) is 10.5 Å². The number of halogens is 1. The predicted octanol–water partition coefficient (Wildman–Crippen LogP) is 6.01. The molecule has 0 N–H and O–H groups in total. The molecule has 8 rings (SSSR count). The monoisotopic (exact) mass is 477 g/mol. The lowest BCUT2D eigenvalue weighted by Crippen LogP contribution is -2.56. The Morgan fingerprint density at radius 3 is 2.17 bits per heavy atom. The van der Waals surface area contributed by atoms with Crippen molar-refractivity contribution in [3.63, 3.8) is 0 Å². The first kappa shape index (κ1) is 21.8. The molecule has 2 heterocycles. The van der Waals surface area contributed by atoms with Gasteiger partial charge in [-0.3, -0.25) is 4.79 Å². The molecule has 5 heteroatoms. The average Bonchev–Trinajstić information content (AvgIpc) is 3.18. The van der Waals surface area contributed by atoms with Crippen LogP contribution in [0.3, 0.4) is 0 Å². The molecule has 4 nitrogen and oxygen atoms in total. The van der Waals surface area contributed by atoms with E-state index in [1.807, 2.05) is 41.3 Å². The topological polar surface area (TPSA) is 67.9 Å². The number of nitrogens with zero attached hydrogens (tertiary/aromatic N) is 3. The second-order valence-electron chi connectivity index (χ2n) is 11.9. The van der Waals surface area contributed by atoms with Crippen LogP contribution in [0, 0.1) is 57.1 Å². The first-order chi connectivity index (χ1) is 17.5. The van der Waals surface area contributed by atoms with Crippen LogP contribution in [-0.2, 0) is 4.79 Å². The van der Waals surface area contributed by atoms with Crippen molar-refractivity contribution in [2.24, 2.45) is 28.6 Å². The van der Waals surface area contributed by atoms with Gasteiger partial charge in [0.1, 0.15) is 5.82 Å². The van der Waals surface area contributed by atoms with E-state index in [4.69, 9.17) is 0 Å². The number of nitriles is 2. The van der Waals surface area contributed by atoms with Crippen LogP contribution in [0.25, 0.3) is 6.08 Å². The lowest BCUT2D eigenvalue weighted by molar-refractivity contribution is -0.145. The van der Waals surface area contributed by atoms with Crippen molar-refractivity contribution < 1.29 is 9.18 Å². The van der Waals surface area contributed by atoms with Crippen LogP contribution in [0.15, 0.2) is 54.6 Å². The van der Waals surface area contributed by atoms with Crippen molar-refractivity contribution >= 4 is 17.5 Å². The largest absolute Gasteiger partial charge is 0.351 e. The summed E-state index contributed by atoms with van der Waals surface area (Å²) in [4.78, 5) is 17.0. The summed E-state index contributed by atoms with van der Waals surface area (Å²) in [6.45, 7) is 0. The SMILES string of the molecule is N#CC1(C#N)[C@H](c2ccccc2F)[C@@H](C(=O)C23CC4CC(CC(C4)C2)C3)N2c3ccccc3C=C[C@H]21. The number of benzene rings is 2. The quantitative estimate of drug-likeness (QED) is 0.543.